The zero-order chi connectivity index (χ0) is 18.7. The number of carbonyl (C=O) groups is 1. The van der Waals surface area contributed by atoms with Crippen LogP contribution in [-0.2, 0) is 15.6 Å². The van der Waals surface area contributed by atoms with Crippen molar-refractivity contribution in [3.8, 4) is 11.8 Å². The van der Waals surface area contributed by atoms with Gasteiger partial charge in [-0.2, -0.15) is 0 Å². The van der Waals surface area contributed by atoms with Gasteiger partial charge < -0.3 is 0 Å². The van der Waals surface area contributed by atoms with Crippen molar-refractivity contribution < 1.29 is 11.3 Å². The fourth-order valence-electron chi connectivity index (χ4n) is 18.7. The molecule has 0 amide bonds. The SMILES string of the molecule is CC(=O)Sc1ccc(C#Cc2ccc([C]34[CH]5[CH]6[CH]7[CH]3[Fe]6754389%10[CH]4[CH]3[CH]8[CH]9[CH]4%10)cc2)cc1. The van der Waals surface area contributed by atoms with Crippen molar-refractivity contribution in [3.63, 3.8) is 0 Å². The van der Waals surface area contributed by atoms with Crippen molar-refractivity contribution in [2.75, 3.05) is 0 Å². The van der Waals surface area contributed by atoms with E-state index in [0.717, 1.165) is 20.3 Å². The third-order valence-corrected chi connectivity index (χ3v) is 60.6. The summed E-state index contributed by atoms with van der Waals surface area (Å²) in [6.45, 7) is -1.42. The van der Waals surface area contributed by atoms with E-state index in [0.29, 0.717) is 0 Å². The summed E-state index contributed by atoms with van der Waals surface area (Å²) in [6.07, 6.45) is 0. The molecule has 144 valence electrons. The molecule has 0 radical (unpaired) electrons. The van der Waals surface area contributed by atoms with Crippen LogP contribution >= 0.6 is 11.8 Å². The molecule has 0 aliphatic carbocycles. The van der Waals surface area contributed by atoms with Crippen LogP contribution in [0.25, 0.3) is 0 Å². The molecule has 2 aromatic carbocycles. The summed E-state index contributed by atoms with van der Waals surface area (Å²) in [6, 6.07) is 17.7. The monoisotopic (exact) mass is 436 g/mol. The van der Waals surface area contributed by atoms with Crippen LogP contribution in [0.1, 0.15) is 23.6 Å². The van der Waals surface area contributed by atoms with Gasteiger partial charge in [0.1, 0.15) is 0 Å². The van der Waals surface area contributed by atoms with Crippen molar-refractivity contribution in [1.82, 2.24) is 0 Å². The number of fused-ring (bicyclic) bond motifs is 10. The Kier molecular flexibility index (Phi) is 0.741. The first-order valence-electron chi connectivity index (χ1n) is 11.0. The van der Waals surface area contributed by atoms with Gasteiger partial charge in [0.25, 0.3) is 0 Å². The molecule has 3 heteroatoms. The van der Waals surface area contributed by atoms with Crippen molar-refractivity contribution >= 4 is 16.9 Å². The van der Waals surface area contributed by atoms with Gasteiger partial charge in [-0.05, 0) is 0 Å². The third kappa shape index (κ3) is 0.263. The Morgan fingerprint density at radius 3 is 1.66 bits per heavy atom. The number of carbonyl (C=O) groups excluding carboxylic acids is 1. The fourth-order valence-corrected chi connectivity index (χ4v) is 93.6. The number of rotatable bonds is 2. The van der Waals surface area contributed by atoms with Crippen LogP contribution in [0.4, 0.5) is 0 Å². The molecule has 0 N–H and O–H groups in total. The molecule has 0 bridgehead atoms. The van der Waals surface area contributed by atoms with E-state index in [2.05, 4.69) is 36.1 Å². The fraction of sp³-hybridized carbons (Fsp3) is 0.423. The van der Waals surface area contributed by atoms with Gasteiger partial charge in [0.2, 0.25) is 0 Å². The Balaban J connectivity index is 0.941. The molecule has 10 aliphatic heterocycles. The van der Waals surface area contributed by atoms with Crippen LogP contribution in [0.15, 0.2) is 53.4 Å². The molecule has 0 aromatic heterocycles. The molecule has 29 heavy (non-hydrogen) atoms. The first kappa shape index (κ1) is 13.1. The van der Waals surface area contributed by atoms with Gasteiger partial charge in [0.15, 0.2) is 5.12 Å². The molecule has 2 aromatic rings. The summed E-state index contributed by atoms with van der Waals surface area (Å²) >= 11 is 1.27. The first-order chi connectivity index (χ1) is 13.9. The summed E-state index contributed by atoms with van der Waals surface area (Å²) in [5.41, 5.74) is 3.95. The van der Waals surface area contributed by atoms with Gasteiger partial charge in [-0.15, -0.1) is 0 Å². The normalized spacial score (nSPS) is 73.9. The van der Waals surface area contributed by atoms with Crippen molar-refractivity contribution in [1.29, 1.82) is 0 Å². The van der Waals surface area contributed by atoms with Gasteiger partial charge >= 0.3 is 148 Å². The Labute approximate surface area is 164 Å². The zero-order valence-electron chi connectivity index (χ0n) is 16.0. The van der Waals surface area contributed by atoms with Gasteiger partial charge in [0.05, 0.1) is 0 Å². The summed E-state index contributed by atoms with van der Waals surface area (Å²) in [4.78, 5) is 24.6. The Bertz CT molecular complexity index is 1650. The molecule has 10 heterocycles. The molecule has 10 saturated heterocycles. The van der Waals surface area contributed by atoms with E-state index in [1.807, 2.05) is 24.3 Å². The second kappa shape index (κ2) is 1.65. The number of benzene rings is 2. The Morgan fingerprint density at radius 1 is 0.793 bits per heavy atom. The van der Waals surface area contributed by atoms with E-state index in [1.165, 1.54) is 55.1 Å². The third-order valence-electron chi connectivity index (χ3n) is 17.5. The van der Waals surface area contributed by atoms with Crippen molar-refractivity contribution in [2.45, 2.75) is 59.5 Å². The molecule has 4 unspecified atom stereocenters. The predicted octanol–water partition coefficient (Wildman–Crippen LogP) is 6.52. The zero-order valence-corrected chi connectivity index (χ0v) is 17.9. The molecule has 1 nitrogen and oxygen atoms in total. The van der Waals surface area contributed by atoms with E-state index in [1.54, 1.807) is 12.5 Å². The van der Waals surface area contributed by atoms with E-state index >= 15 is 0 Å². The summed E-state index contributed by atoms with van der Waals surface area (Å²) in [5.74, 6) is 6.67. The van der Waals surface area contributed by atoms with Gasteiger partial charge in [-0.25, -0.2) is 0 Å². The van der Waals surface area contributed by atoms with Gasteiger partial charge in [-0.3, -0.25) is 4.79 Å². The molecular weight excluding hydrogens is 416 g/mol. The van der Waals surface area contributed by atoms with Gasteiger partial charge in [-0.1, -0.05) is 0 Å². The first-order valence-corrected chi connectivity index (χ1v) is 18.1. The minimum absolute atomic E-state index is 0.121. The summed E-state index contributed by atoms with van der Waals surface area (Å²) < 4.78 is 0.856. The maximum absolute atomic E-state index is 11.2. The van der Waals surface area contributed by atoms with Crippen LogP contribution in [0.2, 0.25) is 43.3 Å². The molecule has 4 atom stereocenters. The average Bonchev–Trinajstić information content (AvgIpc) is 3.67. The second-order valence-electron chi connectivity index (χ2n) is 13.6. The van der Waals surface area contributed by atoms with Crippen LogP contribution in [0, 0.1) is 11.8 Å². The Morgan fingerprint density at radius 2 is 1.28 bits per heavy atom. The molecule has 10 fully saturated rings. The van der Waals surface area contributed by atoms with Gasteiger partial charge in [0, 0.05) is 6.92 Å². The molecule has 1 spiro atoms. The van der Waals surface area contributed by atoms with Crippen LogP contribution < -0.4 is 0 Å². The summed E-state index contributed by atoms with van der Waals surface area (Å²) in [5, 5.41) is 0.121. The van der Waals surface area contributed by atoms with E-state index in [9.17, 15) is 4.79 Å². The Hall–Kier alpha value is -1.46. The second-order valence-corrected chi connectivity index (χ2v) is 38.4. The van der Waals surface area contributed by atoms with E-state index in [-0.39, 0.29) is 5.12 Å². The maximum atomic E-state index is 11.2. The molecule has 10 aliphatic rings. The number of thioether (sulfide) groups is 1. The predicted molar refractivity (Wildman–Crippen MR) is 111 cm³/mol. The number of hydrogen-bond donors (Lipinski definition) is 0. The van der Waals surface area contributed by atoms with Crippen molar-refractivity contribution in [3.05, 3.63) is 65.2 Å². The molecular formula is C26H20FeOS. The molecule has 0 saturated carbocycles. The topological polar surface area (TPSA) is 17.1 Å². The van der Waals surface area contributed by atoms with Crippen molar-refractivity contribution in [2.24, 2.45) is 0 Å². The summed E-state index contributed by atoms with van der Waals surface area (Å²) in [7, 11) is 0. The standard InChI is InChI=1S/C21H15OS.C5H5.Fe/c1-16(22)23-21-14-10-18(11-15-21)7-6-17-8-12-20(13-9-17)19-4-2-3-5-19;1-2-4-5-3-1;/h2-5,8-15H,1H3;1-5H;. The minimum atomic E-state index is -3.02. The van der Waals surface area contributed by atoms with E-state index in [4.69, 9.17) is 0 Å². The van der Waals surface area contributed by atoms with Crippen LogP contribution in [-0.4, -0.2) is 5.12 Å². The molecule has 12 rings (SSSR count). The van der Waals surface area contributed by atoms with Crippen LogP contribution in [0.3, 0.4) is 0 Å². The average molecular weight is 436 g/mol. The quantitative estimate of drug-likeness (QED) is 0.303. The number of hydrogen-bond acceptors (Lipinski definition) is 2. The van der Waals surface area contributed by atoms with Crippen LogP contribution in [0.5, 0.6) is 0 Å². The van der Waals surface area contributed by atoms with E-state index < -0.39 is 6.51 Å².